The second kappa shape index (κ2) is 10.8. The van der Waals surface area contributed by atoms with Crippen molar-refractivity contribution in [3.63, 3.8) is 0 Å². The molecule has 1 atom stereocenters. The van der Waals surface area contributed by atoms with E-state index in [0.717, 1.165) is 32.4 Å². The first-order valence-electron chi connectivity index (χ1n) is 6.58. The van der Waals surface area contributed by atoms with E-state index in [1.165, 1.54) is 0 Å². The van der Waals surface area contributed by atoms with Gasteiger partial charge in [0.15, 0.2) is 0 Å². The molecule has 0 heterocycles. The van der Waals surface area contributed by atoms with Crippen LogP contribution in [0.25, 0.3) is 0 Å². The molecule has 0 aromatic rings. The molecule has 0 fully saturated rings. The number of amides is 1. The molecule has 0 saturated heterocycles. The van der Waals surface area contributed by atoms with Gasteiger partial charge < -0.3 is 10.6 Å². The summed E-state index contributed by atoms with van der Waals surface area (Å²) in [5.41, 5.74) is 5.67. The molecule has 0 aliphatic rings. The Morgan fingerprint density at radius 1 is 1.24 bits per heavy atom. The fraction of sp³-hybridized carbons (Fsp3) is 0.923. The van der Waals surface area contributed by atoms with Gasteiger partial charge in [-0.05, 0) is 26.2 Å². The van der Waals surface area contributed by atoms with Crippen LogP contribution in [-0.4, -0.2) is 29.9 Å². The van der Waals surface area contributed by atoms with Crippen LogP contribution in [0.1, 0.15) is 53.4 Å². The van der Waals surface area contributed by atoms with E-state index >= 15 is 0 Å². The fourth-order valence-electron chi connectivity index (χ4n) is 1.78. The Morgan fingerprint density at radius 2 is 1.76 bits per heavy atom. The first-order chi connectivity index (χ1) is 7.54. The third-order valence-electron chi connectivity index (χ3n) is 3.18. The van der Waals surface area contributed by atoms with Gasteiger partial charge in [0.1, 0.15) is 0 Å². The SMILES string of the molecule is CCC(CC)CN(CC)C(=O)CCC(C)N.Cl. The van der Waals surface area contributed by atoms with Crippen LogP contribution in [0.2, 0.25) is 0 Å². The van der Waals surface area contributed by atoms with Gasteiger partial charge in [-0.15, -0.1) is 12.4 Å². The zero-order valence-electron chi connectivity index (χ0n) is 11.7. The Bertz CT molecular complexity index is 194. The summed E-state index contributed by atoms with van der Waals surface area (Å²) in [6, 6.07) is 0.121. The third-order valence-corrected chi connectivity index (χ3v) is 3.18. The van der Waals surface area contributed by atoms with Crippen LogP contribution in [0.3, 0.4) is 0 Å². The highest BCUT2D eigenvalue weighted by atomic mass is 35.5. The lowest BCUT2D eigenvalue weighted by molar-refractivity contribution is -0.131. The highest BCUT2D eigenvalue weighted by Crippen LogP contribution is 2.11. The van der Waals surface area contributed by atoms with Crippen molar-refractivity contribution in [2.75, 3.05) is 13.1 Å². The molecule has 0 bridgehead atoms. The molecule has 0 aromatic heterocycles. The number of carbonyl (C=O) groups excluding carboxylic acids is 1. The quantitative estimate of drug-likeness (QED) is 0.733. The Labute approximate surface area is 113 Å². The van der Waals surface area contributed by atoms with Crippen LogP contribution in [0, 0.1) is 5.92 Å². The van der Waals surface area contributed by atoms with Crippen molar-refractivity contribution in [3.8, 4) is 0 Å². The summed E-state index contributed by atoms with van der Waals surface area (Å²) in [5.74, 6) is 0.894. The molecular formula is C13H29ClN2O. The summed E-state index contributed by atoms with van der Waals surface area (Å²) >= 11 is 0. The number of rotatable bonds is 8. The number of hydrogen-bond acceptors (Lipinski definition) is 2. The van der Waals surface area contributed by atoms with E-state index in [0.29, 0.717) is 12.3 Å². The molecule has 1 amide bonds. The van der Waals surface area contributed by atoms with Gasteiger partial charge in [-0.2, -0.15) is 0 Å². The first-order valence-corrected chi connectivity index (χ1v) is 6.58. The normalized spacial score (nSPS) is 12.1. The molecule has 0 aliphatic heterocycles. The van der Waals surface area contributed by atoms with Crippen LogP contribution >= 0.6 is 12.4 Å². The van der Waals surface area contributed by atoms with Gasteiger partial charge in [0.25, 0.3) is 0 Å². The zero-order valence-corrected chi connectivity index (χ0v) is 12.6. The number of halogens is 1. The summed E-state index contributed by atoms with van der Waals surface area (Å²) in [7, 11) is 0. The second-order valence-corrected chi connectivity index (χ2v) is 4.63. The van der Waals surface area contributed by atoms with Crippen LogP contribution < -0.4 is 5.73 Å². The van der Waals surface area contributed by atoms with Crippen molar-refractivity contribution in [1.29, 1.82) is 0 Å². The van der Waals surface area contributed by atoms with E-state index in [9.17, 15) is 4.79 Å². The molecule has 3 nitrogen and oxygen atoms in total. The minimum atomic E-state index is 0. The maximum Gasteiger partial charge on any atom is 0.222 e. The molecule has 4 heteroatoms. The van der Waals surface area contributed by atoms with Gasteiger partial charge in [-0.1, -0.05) is 26.7 Å². The summed E-state index contributed by atoms with van der Waals surface area (Å²) in [4.78, 5) is 13.9. The fourth-order valence-corrected chi connectivity index (χ4v) is 1.78. The number of nitrogens with two attached hydrogens (primary N) is 1. The van der Waals surface area contributed by atoms with E-state index < -0.39 is 0 Å². The van der Waals surface area contributed by atoms with Crippen molar-refractivity contribution in [2.24, 2.45) is 11.7 Å². The van der Waals surface area contributed by atoms with Gasteiger partial charge in [0.05, 0.1) is 0 Å². The predicted octanol–water partition coefficient (Wildman–Crippen LogP) is 2.82. The largest absolute Gasteiger partial charge is 0.343 e. The summed E-state index contributed by atoms with van der Waals surface area (Å²) < 4.78 is 0. The van der Waals surface area contributed by atoms with E-state index in [4.69, 9.17) is 5.73 Å². The average Bonchev–Trinajstić information content (AvgIpc) is 2.27. The van der Waals surface area contributed by atoms with Gasteiger partial charge in [-0.3, -0.25) is 4.79 Å². The molecule has 0 rings (SSSR count). The number of hydrogen-bond donors (Lipinski definition) is 1. The molecule has 1 unspecified atom stereocenters. The lowest BCUT2D eigenvalue weighted by Gasteiger charge is -2.25. The van der Waals surface area contributed by atoms with E-state index in [-0.39, 0.29) is 24.4 Å². The number of nitrogens with zero attached hydrogens (tertiary/aromatic N) is 1. The molecule has 0 spiro atoms. The summed E-state index contributed by atoms with van der Waals surface area (Å²) in [5, 5.41) is 0. The Kier molecular flexibility index (Phi) is 12.2. The van der Waals surface area contributed by atoms with Crippen molar-refractivity contribution < 1.29 is 4.79 Å². The molecule has 0 radical (unpaired) electrons. The lowest BCUT2D eigenvalue weighted by Crippen LogP contribution is -2.35. The topological polar surface area (TPSA) is 46.3 Å². The van der Waals surface area contributed by atoms with Gasteiger partial charge in [0, 0.05) is 25.6 Å². The van der Waals surface area contributed by atoms with Crippen LogP contribution in [0.15, 0.2) is 0 Å². The van der Waals surface area contributed by atoms with Crippen molar-refractivity contribution in [2.45, 2.75) is 59.4 Å². The lowest BCUT2D eigenvalue weighted by atomic mass is 10.0. The van der Waals surface area contributed by atoms with E-state index in [1.54, 1.807) is 0 Å². The molecule has 0 saturated carbocycles. The standard InChI is InChI=1S/C13H28N2O.ClH/c1-5-12(6-2)10-15(7-3)13(16)9-8-11(4)14;/h11-12H,5-10,14H2,1-4H3;1H. The van der Waals surface area contributed by atoms with E-state index in [1.807, 2.05) is 18.7 Å². The summed E-state index contributed by atoms with van der Waals surface area (Å²) in [6.07, 6.45) is 3.67. The molecule has 104 valence electrons. The highest BCUT2D eigenvalue weighted by Gasteiger charge is 2.15. The average molecular weight is 265 g/mol. The Balaban J connectivity index is 0. The first kappa shape index (κ1) is 19.1. The summed E-state index contributed by atoms with van der Waals surface area (Å²) in [6.45, 7) is 10.1. The molecule has 0 aromatic carbocycles. The van der Waals surface area contributed by atoms with Gasteiger partial charge >= 0.3 is 0 Å². The van der Waals surface area contributed by atoms with Crippen LogP contribution in [-0.2, 0) is 4.79 Å². The minimum Gasteiger partial charge on any atom is -0.343 e. The maximum atomic E-state index is 11.9. The number of carbonyl (C=O) groups is 1. The smallest absolute Gasteiger partial charge is 0.222 e. The predicted molar refractivity (Wildman–Crippen MR) is 76.5 cm³/mol. The second-order valence-electron chi connectivity index (χ2n) is 4.63. The minimum absolute atomic E-state index is 0. The maximum absolute atomic E-state index is 11.9. The Hall–Kier alpha value is -0.280. The zero-order chi connectivity index (χ0) is 12.6. The van der Waals surface area contributed by atoms with Crippen molar-refractivity contribution in [3.05, 3.63) is 0 Å². The van der Waals surface area contributed by atoms with Crippen molar-refractivity contribution >= 4 is 18.3 Å². The van der Waals surface area contributed by atoms with Crippen LogP contribution in [0.5, 0.6) is 0 Å². The van der Waals surface area contributed by atoms with Gasteiger partial charge in [-0.25, -0.2) is 0 Å². The monoisotopic (exact) mass is 264 g/mol. The third kappa shape index (κ3) is 8.44. The van der Waals surface area contributed by atoms with Gasteiger partial charge in [0.2, 0.25) is 5.91 Å². The molecule has 17 heavy (non-hydrogen) atoms. The molecule has 2 N–H and O–H groups in total. The highest BCUT2D eigenvalue weighted by molar-refractivity contribution is 5.85. The molecule has 0 aliphatic carbocycles. The van der Waals surface area contributed by atoms with Crippen LogP contribution in [0.4, 0.5) is 0 Å². The van der Waals surface area contributed by atoms with Crippen molar-refractivity contribution in [1.82, 2.24) is 4.90 Å². The van der Waals surface area contributed by atoms with E-state index in [2.05, 4.69) is 13.8 Å². The Morgan fingerprint density at radius 3 is 2.12 bits per heavy atom. The molecular weight excluding hydrogens is 236 g/mol.